The topological polar surface area (TPSA) is 105 Å². The second kappa shape index (κ2) is 9.56. The van der Waals surface area contributed by atoms with E-state index in [1.165, 1.54) is 4.90 Å². The summed E-state index contributed by atoms with van der Waals surface area (Å²) < 4.78 is 5.67. The van der Waals surface area contributed by atoms with Crippen molar-refractivity contribution in [2.24, 2.45) is 0 Å². The highest BCUT2D eigenvalue weighted by atomic mass is 35.5. The highest BCUT2D eigenvalue weighted by Crippen LogP contribution is 2.22. The second-order valence-corrected chi connectivity index (χ2v) is 7.20. The molecule has 1 aromatic carbocycles. The molecule has 1 unspecified atom stereocenters. The van der Waals surface area contributed by atoms with Crippen LogP contribution in [-0.4, -0.2) is 53.8 Å². The van der Waals surface area contributed by atoms with E-state index in [1.54, 1.807) is 25.4 Å². The first-order valence-corrected chi connectivity index (χ1v) is 9.84. The van der Waals surface area contributed by atoms with Crippen LogP contribution in [0.25, 0.3) is 11.3 Å². The van der Waals surface area contributed by atoms with Gasteiger partial charge in [0.25, 0.3) is 0 Å². The Labute approximate surface area is 173 Å². The van der Waals surface area contributed by atoms with Crippen molar-refractivity contribution in [2.75, 3.05) is 20.1 Å². The minimum absolute atomic E-state index is 0.131. The number of hydrogen-bond acceptors (Lipinski definition) is 5. The van der Waals surface area contributed by atoms with Gasteiger partial charge < -0.3 is 20.0 Å². The van der Waals surface area contributed by atoms with Crippen LogP contribution in [-0.2, 0) is 20.8 Å². The number of aryl methyl sites for hydroxylation is 1. The number of nitrogens with zero attached hydrogens (tertiary/aromatic N) is 2. The van der Waals surface area contributed by atoms with E-state index in [0.717, 1.165) is 12.0 Å². The third kappa shape index (κ3) is 5.35. The van der Waals surface area contributed by atoms with Gasteiger partial charge in [-0.2, -0.15) is 0 Å². The molecule has 0 spiro atoms. The van der Waals surface area contributed by atoms with E-state index in [1.807, 2.05) is 12.1 Å². The zero-order valence-electron chi connectivity index (χ0n) is 16.1. The molecule has 2 heterocycles. The smallest absolute Gasteiger partial charge is 0.242 e. The van der Waals surface area contributed by atoms with Crippen LogP contribution in [0.1, 0.15) is 25.2 Å². The van der Waals surface area contributed by atoms with Gasteiger partial charge in [-0.3, -0.25) is 14.4 Å². The second-order valence-electron chi connectivity index (χ2n) is 6.76. The molecular formula is C20H23ClN4O4. The Hall–Kier alpha value is -2.87. The van der Waals surface area contributed by atoms with Gasteiger partial charge >= 0.3 is 0 Å². The van der Waals surface area contributed by atoms with Gasteiger partial charge in [0.1, 0.15) is 6.04 Å². The summed E-state index contributed by atoms with van der Waals surface area (Å²) in [5, 5.41) is 5.81. The Kier molecular flexibility index (Phi) is 6.87. The number of likely N-dealkylation sites (tertiary alicyclic amines) is 1. The zero-order valence-corrected chi connectivity index (χ0v) is 16.9. The monoisotopic (exact) mass is 418 g/mol. The first kappa shape index (κ1) is 20.9. The summed E-state index contributed by atoms with van der Waals surface area (Å²) in [4.78, 5) is 41.9. The third-order valence-corrected chi connectivity index (χ3v) is 5.06. The van der Waals surface area contributed by atoms with E-state index < -0.39 is 6.04 Å². The molecule has 8 nitrogen and oxygen atoms in total. The first-order chi connectivity index (χ1) is 14.0. The van der Waals surface area contributed by atoms with Crippen LogP contribution in [0.5, 0.6) is 0 Å². The predicted octanol–water partition coefficient (Wildman–Crippen LogP) is 1.78. The quantitative estimate of drug-likeness (QED) is 0.713. The molecule has 29 heavy (non-hydrogen) atoms. The number of aromatic nitrogens is 1. The lowest BCUT2D eigenvalue weighted by molar-refractivity contribution is -0.138. The van der Waals surface area contributed by atoms with Crippen molar-refractivity contribution in [3.63, 3.8) is 0 Å². The van der Waals surface area contributed by atoms with Gasteiger partial charge in [-0.05, 0) is 37.1 Å². The number of carbonyl (C=O) groups is 3. The fourth-order valence-electron chi connectivity index (χ4n) is 3.26. The fraction of sp³-hybridized carbons (Fsp3) is 0.400. The van der Waals surface area contributed by atoms with Crippen molar-refractivity contribution in [3.8, 4) is 11.3 Å². The molecule has 2 N–H and O–H groups in total. The molecule has 1 fully saturated rings. The molecule has 1 aromatic heterocycles. The normalized spacial score (nSPS) is 15.9. The SMILES string of the molecule is CNC(=O)C1CCCN1C(=O)CNC(=O)CCc1ncc(-c2ccc(Cl)cc2)o1. The van der Waals surface area contributed by atoms with Crippen LogP contribution in [0, 0.1) is 0 Å². The van der Waals surface area contributed by atoms with Gasteiger partial charge in [-0.1, -0.05) is 11.6 Å². The van der Waals surface area contributed by atoms with Crippen LogP contribution >= 0.6 is 11.6 Å². The Morgan fingerprint density at radius 3 is 2.76 bits per heavy atom. The molecule has 2 aromatic rings. The van der Waals surface area contributed by atoms with Crippen LogP contribution in [0.4, 0.5) is 0 Å². The van der Waals surface area contributed by atoms with Crippen LogP contribution in [0.2, 0.25) is 5.02 Å². The Morgan fingerprint density at radius 2 is 2.03 bits per heavy atom. The van der Waals surface area contributed by atoms with Crippen molar-refractivity contribution in [3.05, 3.63) is 41.4 Å². The van der Waals surface area contributed by atoms with E-state index in [-0.39, 0.29) is 30.7 Å². The van der Waals surface area contributed by atoms with Crippen molar-refractivity contribution in [2.45, 2.75) is 31.7 Å². The third-order valence-electron chi connectivity index (χ3n) is 4.81. The molecule has 1 saturated heterocycles. The number of rotatable bonds is 7. The minimum atomic E-state index is -0.456. The van der Waals surface area contributed by atoms with Crippen molar-refractivity contribution >= 4 is 29.3 Å². The number of oxazole rings is 1. The number of benzene rings is 1. The molecular weight excluding hydrogens is 396 g/mol. The lowest BCUT2D eigenvalue weighted by Crippen LogP contribution is -2.48. The molecule has 0 bridgehead atoms. The number of hydrogen-bond donors (Lipinski definition) is 2. The zero-order chi connectivity index (χ0) is 20.8. The first-order valence-electron chi connectivity index (χ1n) is 9.46. The molecule has 1 atom stereocenters. The number of carbonyl (C=O) groups excluding carboxylic acids is 3. The van der Waals surface area contributed by atoms with Gasteiger partial charge in [0.2, 0.25) is 17.7 Å². The number of amides is 3. The summed E-state index contributed by atoms with van der Waals surface area (Å²) in [6, 6.07) is 6.73. The number of halogens is 1. The van der Waals surface area contributed by atoms with E-state index in [4.69, 9.17) is 16.0 Å². The minimum Gasteiger partial charge on any atom is -0.441 e. The molecule has 0 aliphatic carbocycles. The average Bonchev–Trinajstić information content (AvgIpc) is 3.40. The Balaban J connectivity index is 1.45. The number of nitrogens with one attached hydrogen (secondary N) is 2. The lowest BCUT2D eigenvalue weighted by atomic mass is 10.2. The summed E-state index contributed by atoms with van der Waals surface area (Å²) in [5.74, 6) is 0.325. The van der Waals surface area contributed by atoms with Crippen molar-refractivity contribution in [1.82, 2.24) is 20.5 Å². The van der Waals surface area contributed by atoms with Crippen LogP contribution < -0.4 is 10.6 Å². The molecule has 3 rings (SSSR count). The maximum atomic E-state index is 12.3. The number of likely N-dealkylation sites (N-methyl/N-ethyl adjacent to an activating group) is 1. The largest absolute Gasteiger partial charge is 0.441 e. The molecule has 0 radical (unpaired) electrons. The van der Waals surface area contributed by atoms with E-state index >= 15 is 0 Å². The molecule has 1 aliphatic rings. The van der Waals surface area contributed by atoms with Gasteiger partial charge in [-0.15, -0.1) is 0 Å². The Bertz CT molecular complexity index is 881. The summed E-state index contributed by atoms with van der Waals surface area (Å²) >= 11 is 5.88. The van der Waals surface area contributed by atoms with E-state index in [0.29, 0.717) is 36.1 Å². The molecule has 9 heteroatoms. The van der Waals surface area contributed by atoms with E-state index in [2.05, 4.69) is 15.6 Å². The summed E-state index contributed by atoms with van der Waals surface area (Å²) in [6.07, 6.45) is 3.48. The molecule has 154 valence electrons. The maximum absolute atomic E-state index is 12.3. The predicted molar refractivity (Wildman–Crippen MR) is 107 cm³/mol. The van der Waals surface area contributed by atoms with Gasteiger partial charge in [0.15, 0.2) is 11.7 Å². The van der Waals surface area contributed by atoms with Crippen molar-refractivity contribution < 1.29 is 18.8 Å². The highest BCUT2D eigenvalue weighted by Gasteiger charge is 2.33. The standard InChI is InChI=1S/C20H23ClN4O4/c1-22-20(28)15-3-2-10-25(15)19(27)12-23-17(26)8-9-18-24-11-16(29-18)13-4-6-14(21)7-5-13/h4-7,11,15H,2-3,8-10,12H2,1H3,(H,22,28)(H,23,26). The van der Waals surface area contributed by atoms with Gasteiger partial charge in [0, 0.05) is 37.0 Å². The summed E-state index contributed by atoms with van der Waals surface area (Å²) in [6.45, 7) is 0.393. The molecule has 1 aliphatic heterocycles. The molecule has 3 amide bonds. The summed E-state index contributed by atoms with van der Waals surface area (Å²) in [7, 11) is 1.55. The summed E-state index contributed by atoms with van der Waals surface area (Å²) in [5.41, 5.74) is 0.847. The fourth-order valence-corrected chi connectivity index (χ4v) is 3.39. The van der Waals surface area contributed by atoms with Crippen LogP contribution in [0.3, 0.4) is 0 Å². The molecule has 0 saturated carbocycles. The van der Waals surface area contributed by atoms with Gasteiger partial charge in [-0.25, -0.2) is 4.98 Å². The lowest BCUT2D eigenvalue weighted by Gasteiger charge is -2.23. The van der Waals surface area contributed by atoms with Crippen molar-refractivity contribution in [1.29, 1.82) is 0 Å². The highest BCUT2D eigenvalue weighted by molar-refractivity contribution is 6.30. The van der Waals surface area contributed by atoms with Gasteiger partial charge in [0.05, 0.1) is 12.7 Å². The average molecular weight is 419 g/mol. The van der Waals surface area contributed by atoms with E-state index in [9.17, 15) is 14.4 Å². The Morgan fingerprint density at radius 1 is 1.28 bits per heavy atom. The maximum Gasteiger partial charge on any atom is 0.242 e. The van der Waals surface area contributed by atoms with Crippen LogP contribution in [0.15, 0.2) is 34.9 Å².